The normalized spacial score (nSPS) is 11.6. The van der Waals surface area contributed by atoms with Gasteiger partial charge in [-0.1, -0.05) is 0 Å². The van der Waals surface area contributed by atoms with Crippen molar-refractivity contribution in [3.05, 3.63) is 34.6 Å². The zero-order valence-corrected chi connectivity index (χ0v) is 12.1. The van der Waals surface area contributed by atoms with Crippen molar-refractivity contribution in [3.8, 4) is 11.3 Å². The molecule has 0 aliphatic rings. The van der Waals surface area contributed by atoms with Gasteiger partial charge in [-0.15, -0.1) is 0 Å². The van der Waals surface area contributed by atoms with Crippen LogP contribution in [-0.2, 0) is 0 Å². The lowest BCUT2D eigenvalue weighted by atomic mass is 10.1. The van der Waals surface area contributed by atoms with E-state index < -0.39 is 0 Å². The molecule has 0 radical (unpaired) electrons. The summed E-state index contributed by atoms with van der Waals surface area (Å²) in [6.07, 6.45) is 0. The summed E-state index contributed by atoms with van der Waals surface area (Å²) in [6, 6.07) is 6.78. The summed E-state index contributed by atoms with van der Waals surface area (Å²) in [4.78, 5) is 0. The summed E-state index contributed by atoms with van der Waals surface area (Å²) in [5, 5.41) is 10.4. The number of hydrogen-bond donors (Lipinski definition) is 2. The van der Waals surface area contributed by atoms with E-state index in [0.717, 1.165) is 17.1 Å². The standard InChI is InChI=1S/C13H15BrFN3/c1-13(2,3)16-12-7-11(17-18-12)8-4-5-10(15)9(14)6-8/h4-7H,1-3H3,(H2,16,17,18). The van der Waals surface area contributed by atoms with Crippen LogP contribution >= 0.6 is 15.9 Å². The summed E-state index contributed by atoms with van der Waals surface area (Å²) < 4.78 is 13.6. The molecule has 2 rings (SSSR count). The number of anilines is 1. The SMILES string of the molecule is CC(C)(C)Nc1cc(-c2ccc(F)c(Br)c2)[nH]n1. The number of H-pyrrole nitrogens is 1. The molecule has 5 heteroatoms. The van der Waals surface area contributed by atoms with Crippen molar-refractivity contribution in [1.82, 2.24) is 10.2 Å². The average molecular weight is 312 g/mol. The smallest absolute Gasteiger partial charge is 0.148 e. The van der Waals surface area contributed by atoms with Crippen molar-refractivity contribution in [2.45, 2.75) is 26.3 Å². The molecule has 0 atom stereocenters. The van der Waals surface area contributed by atoms with Crippen LogP contribution in [0, 0.1) is 5.82 Å². The van der Waals surface area contributed by atoms with Gasteiger partial charge in [-0.25, -0.2) is 4.39 Å². The maximum absolute atomic E-state index is 13.2. The van der Waals surface area contributed by atoms with Crippen LogP contribution in [0.5, 0.6) is 0 Å². The van der Waals surface area contributed by atoms with Gasteiger partial charge in [0, 0.05) is 17.2 Å². The van der Waals surface area contributed by atoms with Gasteiger partial charge >= 0.3 is 0 Å². The molecule has 0 unspecified atom stereocenters. The summed E-state index contributed by atoms with van der Waals surface area (Å²) in [7, 11) is 0. The van der Waals surface area contributed by atoms with Gasteiger partial charge in [0.25, 0.3) is 0 Å². The Morgan fingerprint density at radius 3 is 2.61 bits per heavy atom. The molecular weight excluding hydrogens is 297 g/mol. The molecule has 0 aliphatic carbocycles. The maximum atomic E-state index is 13.2. The third kappa shape index (κ3) is 3.10. The Bertz CT molecular complexity index is 558. The molecule has 0 amide bonds. The highest BCUT2D eigenvalue weighted by atomic mass is 79.9. The van der Waals surface area contributed by atoms with Crippen molar-refractivity contribution in [2.24, 2.45) is 0 Å². The van der Waals surface area contributed by atoms with E-state index in [1.165, 1.54) is 6.07 Å². The molecular formula is C13H15BrFN3. The highest BCUT2D eigenvalue weighted by Crippen LogP contribution is 2.25. The molecule has 0 saturated carbocycles. The predicted molar refractivity (Wildman–Crippen MR) is 75.1 cm³/mol. The number of aromatic nitrogens is 2. The number of hydrogen-bond acceptors (Lipinski definition) is 2. The lowest BCUT2D eigenvalue weighted by Crippen LogP contribution is -2.26. The van der Waals surface area contributed by atoms with Crippen molar-refractivity contribution in [3.63, 3.8) is 0 Å². The van der Waals surface area contributed by atoms with E-state index in [4.69, 9.17) is 0 Å². The minimum Gasteiger partial charge on any atom is -0.364 e. The van der Waals surface area contributed by atoms with Crippen LogP contribution in [0.25, 0.3) is 11.3 Å². The quantitative estimate of drug-likeness (QED) is 0.873. The minimum atomic E-state index is -0.272. The second-order valence-electron chi connectivity index (χ2n) is 5.17. The van der Waals surface area contributed by atoms with Crippen LogP contribution in [0.1, 0.15) is 20.8 Å². The van der Waals surface area contributed by atoms with Crippen LogP contribution in [-0.4, -0.2) is 15.7 Å². The number of aromatic amines is 1. The predicted octanol–water partition coefficient (Wildman–Crippen LogP) is 4.19. The second-order valence-corrected chi connectivity index (χ2v) is 6.03. The fourth-order valence-corrected chi connectivity index (χ4v) is 1.96. The lowest BCUT2D eigenvalue weighted by molar-refractivity contribution is 0.621. The number of nitrogens with zero attached hydrogens (tertiary/aromatic N) is 1. The van der Waals surface area contributed by atoms with Crippen molar-refractivity contribution < 1.29 is 4.39 Å². The molecule has 96 valence electrons. The Kier molecular flexibility index (Phi) is 3.43. The number of benzene rings is 1. The van der Waals surface area contributed by atoms with Crippen LogP contribution in [0.3, 0.4) is 0 Å². The van der Waals surface area contributed by atoms with E-state index in [9.17, 15) is 4.39 Å². The molecule has 2 aromatic rings. The van der Waals surface area contributed by atoms with Gasteiger partial charge in [-0.3, -0.25) is 5.10 Å². The van der Waals surface area contributed by atoms with Crippen LogP contribution in [0.15, 0.2) is 28.7 Å². The monoisotopic (exact) mass is 311 g/mol. The summed E-state index contributed by atoms with van der Waals surface area (Å²) in [5.74, 6) is 0.504. The summed E-state index contributed by atoms with van der Waals surface area (Å²) in [6.45, 7) is 6.20. The van der Waals surface area contributed by atoms with Gasteiger partial charge < -0.3 is 5.32 Å². The van der Waals surface area contributed by atoms with Crippen molar-refractivity contribution in [1.29, 1.82) is 0 Å². The Labute approximate surface area is 114 Å². The summed E-state index contributed by atoms with van der Waals surface area (Å²) >= 11 is 3.17. The third-order valence-electron chi connectivity index (χ3n) is 2.31. The molecule has 3 nitrogen and oxygen atoms in total. The molecule has 0 fully saturated rings. The van der Waals surface area contributed by atoms with Crippen LogP contribution in [0.2, 0.25) is 0 Å². The Morgan fingerprint density at radius 1 is 1.28 bits per heavy atom. The largest absolute Gasteiger partial charge is 0.364 e. The van der Waals surface area contributed by atoms with Crippen LogP contribution in [0.4, 0.5) is 10.2 Å². The minimum absolute atomic E-state index is 0.0458. The van der Waals surface area contributed by atoms with Crippen molar-refractivity contribution >= 4 is 21.7 Å². The molecule has 0 bridgehead atoms. The van der Waals surface area contributed by atoms with E-state index >= 15 is 0 Å². The first-order valence-corrected chi connectivity index (χ1v) is 6.43. The molecule has 0 spiro atoms. The third-order valence-corrected chi connectivity index (χ3v) is 2.92. The molecule has 1 heterocycles. The first-order chi connectivity index (χ1) is 8.35. The van der Waals surface area contributed by atoms with Gasteiger partial charge in [0.1, 0.15) is 11.6 Å². The van der Waals surface area contributed by atoms with Gasteiger partial charge in [0.15, 0.2) is 0 Å². The molecule has 18 heavy (non-hydrogen) atoms. The fourth-order valence-electron chi connectivity index (χ4n) is 1.58. The van der Waals surface area contributed by atoms with E-state index in [-0.39, 0.29) is 11.4 Å². The van der Waals surface area contributed by atoms with Gasteiger partial charge in [0.05, 0.1) is 10.2 Å². The first kappa shape index (κ1) is 13.1. The summed E-state index contributed by atoms with van der Waals surface area (Å²) in [5.41, 5.74) is 1.69. The average Bonchev–Trinajstić information content (AvgIpc) is 2.68. The second kappa shape index (κ2) is 4.72. The molecule has 0 saturated heterocycles. The highest BCUT2D eigenvalue weighted by Gasteiger charge is 2.12. The Balaban J connectivity index is 2.26. The van der Waals surface area contributed by atoms with Gasteiger partial charge in [0.2, 0.25) is 0 Å². The lowest BCUT2D eigenvalue weighted by Gasteiger charge is -2.19. The van der Waals surface area contributed by atoms with Crippen molar-refractivity contribution in [2.75, 3.05) is 5.32 Å². The highest BCUT2D eigenvalue weighted by molar-refractivity contribution is 9.10. The molecule has 1 aromatic heterocycles. The van der Waals surface area contributed by atoms with Gasteiger partial charge in [-0.2, -0.15) is 5.10 Å². The van der Waals surface area contributed by atoms with E-state index in [2.05, 4.69) is 52.2 Å². The maximum Gasteiger partial charge on any atom is 0.148 e. The zero-order chi connectivity index (χ0) is 13.3. The zero-order valence-electron chi connectivity index (χ0n) is 10.5. The first-order valence-electron chi connectivity index (χ1n) is 5.64. The number of rotatable bonds is 2. The Hall–Kier alpha value is -1.36. The van der Waals surface area contributed by atoms with E-state index in [0.29, 0.717) is 4.47 Å². The van der Waals surface area contributed by atoms with E-state index in [1.807, 2.05) is 6.07 Å². The molecule has 1 aromatic carbocycles. The van der Waals surface area contributed by atoms with Crippen LogP contribution < -0.4 is 5.32 Å². The van der Waals surface area contributed by atoms with Gasteiger partial charge in [-0.05, 0) is 54.9 Å². The Morgan fingerprint density at radius 2 is 2.00 bits per heavy atom. The molecule has 0 aliphatic heterocycles. The number of halogens is 2. The fraction of sp³-hybridized carbons (Fsp3) is 0.308. The topological polar surface area (TPSA) is 40.7 Å². The number of nitrogens with one attached hydrogen (secondary N) is 2. The molecule has 2 N–H and O–H groups in total. The van der Waals surface area contributed by atoms with E-state index in [1.54, 1.807) is 12.1 Å².